The van der Waals surface area contributed by atoms with Gasteiger partial charge in [0.15, 0.2) is 5.75 Å². The van der Waals surface area contributed by atoms with E-state index in [4.69, 9.17) is 37.4 Å². The van der Waals surface area contributed by atoms with Crippen molar-refractivity contribution in [2.24, 2.45) is 0 Å². The summed E-state index contributed by atoms with van der Waals surface area (Å²) >= 11 is 12.5. The van der Waals surface area contributed by atoms with Gasteiger partial charge in [-0.3, -0.25) is 9.59 Å². The first-order chi connectivity index (χ1) is 18.2. The fourth-order valence-electron chi connectivity index (χ4n) is 4.31. The number of hydrogen-bond donors (Lipinski definition) is 1. The van der Waals surface area contributed by atoms with Crippen molar-refractivity contribution in [2.45, 2.75) is 12.6 Å². The van der Waals surface area contributed by atoms with Gasteiger partial charge in [-0.15, -0.1) is 0 Å². The Balaban J connectivity index is 1.84. The summed E-state index contributed by atoms with van der Waals surface area (Å²) in [5.74, 6) is -1.89. The number of aliphatic hydroxyl groups is 1. The predicted octanol–water partition coefficient (Wildman–Crippen LogP) is 5.42. The summed E-state index contributed by atoms with van der Waals surface area (Å²) in [5.41, 5.74) is 1.56. The molecule has 0 bridgehead atoms. The number of aliphatic hydroxyl groups excluding tert-OH is 1. The SMILES string of the molecule is COC(=O)c1ccc(CN2C(=O)C(=O)/C(=C(/O)c3cc(Cl)c(OC)c(Cl)c3)C2c2cccc(OC)c2)cc1. The molecule has 0 radical (unpaired) electrons. The molecule has 196 valence electrons. The van der Waals surface area contributed by atoms with Crippen molar-refractivity contribution in [1.82, 2.24) is 4.90 Å². The van der Waals surface area contributed by atoms with E-state index in [0.29, 0.717) is 22.4 Å². The lowest BCUT2D eigenvalue weighted by atomic mass is 9.95. The topological polar surface area (TPSA) is 102 Å². The minimum absolute atomic E-state index is 0.0226. The second-order valence-corrected chi connectivity index (χ2v) is 9.18. The van der Waals surface area contributed by atoms with E-state index in [0.717, 1.165) is 0 Å². The molecule has 1 N–H and O–H groups in total. The van der Waals surface area contributed by atoms with Gasteiger partial charge in [0, 0.05) is 12.1 Å². The monoisotopic (exact) mass is 555 g/mol. The quantitative estimate of drug-likeness (QED) is 0.180. The molecule has 0 aromatic heterocycles. The second-order valence-electron chi connectivity index (χ2n) is 8.37. The molecular weight excluding hydrogens is 533 g/mol. The standard InChI is InChI=1S/C28H23Cl2NO7/c1-36-19-6-4-5-17(11-19)23-22(24(32)18-12-20(29)26(37-2)21(30)13-18)25(33)27(34)31(23)14-15-7-9-16(10-8-15)28(35)38-3/h4-13,23,32H,14H2,1-3H3/b24-22+. The van der Waals surface area contributed by atoms with Crippen molar-refractivity contribution < 1.29 is 33.7 Å². The van der Waals surface area contributed by atoms with Gasteiger partial charge < -0.3 is 24.2 Å². The molecule has 1 aliphatic rings. The number of amides is 1. The summed E-state index contributed by atoms with van der Waals surface area (Å²) in [4.78, 5) is 39.8. The molecule has 1 amide bonds. The molecule has 1 heterocycles. The number of carbonyl (C=O) groups excluding carboxylic acids is 3. The Kier molecular flexibility index (Phi) is 7.94. The highest BCUT2D eigenvalue weighted by molar-refractivity contribution is 6.46. The van der Waals surface area contributed by atoms with Crippen LogP contribution in [0.2, 0.25) is 10.0 Å². The Morgan fingerprint density at radius 3 is 2.16 bits per heavy atom. The molecule has 1 saturated heterocycles. The molecule has 1 atom stereocenters. The van der Waals surface area contributed by atoms with E-state index >= 15 is 0 Å². The number of rotatable bonds is 7. The third kappa shape index (κ3) is 5.05. The number of methoxy groups -OCH3 is 3. The van der Waals surface area contributed by atoms with Crippen LogP contribution in [0.25, 0.3) is 5.76 Å². The lowest BCUT2D eigenvalue weighted by Crippen LogP contribution is -2.29. The third-order valence-electron chi connectivity index (χ3n) is 6.15. The van der Waals surface area contributed by atoms with Gasteiger partial charge in [0.2, 0.25) is 0 Å². The molecule has 1 aliphatic heterocycles. The van der Waals surface area contributed by atoms with Gasteiger partial charge in [-0.1, -0.05) is 47.5 Å². The van der Waals surface area contributed by atoms with Crippen LogP contribution in [0.1, 0.15) is 33.1 Å². The van der Waals surface area contributed by atoms with E-state index < -0.39 is 29.5 Å². The predicted molar refractivity (Wildman–Crippen MR) is 142 cm³/mol. The van der Waals surface area contributed by atoms with Crippen LogP contribution in [0, 0.1) is 0 Å². The van der Waals surface area contributed by atoms with Crippen LogP contribution in [0.5, 0.6) is 11.5 Å². The molecule has 3 aromatic rings. The zero-order chi connectivity index (χ0) is 27.6. The summed E-state index contributed by atoms with van der Waals surface area (Å²) in [6.07, 6.45) is 0. The number of ketones is 1. The maximum absolute atomic E-state index is 13.3. The number of esters is 1. The summed E-state index contributed by atoms with van der Waals surface area (Å²) < 4.78 is 15.2. The van der Waals surface area contributed by atoms with Crippen molar-refractivity contribution in [1.29, 1.82) is 0 Å². The molecule has 0 spiro atoms. The number of hydrogen-bond acceptors (Lipinski definition) is 7. The molecule has 0 aliphatic carbocycles. The highest BCUT2D eigenvalue weighted by Crippen LogP contribution is 2.43. The minimum atomic E-state index is -0.954. The Morgan fingerprint density at radius 1 is 0.921 bits per heavy atom. The van der Waals surface area contributed by atoms with E-state index in [-0.39, 0.29) is 33.5 Å². The number of nitrogens with zero attached hydrogens (tertiary/aromatic N) is 1. The molecule has 4 rings (SSSR count). The molecule has 8 nitrogen and oxygen atoms in total. The van der Waals surface area contributed by atoms with Crippen LogP contribution in [-0.2, 0) is 20.9 Å². The lowest BCUT2D eigenvalue weighted by Gasteiger charge is -2.26. The number of benzene rings is 3. The van der Waals surface area contributed by atoms with Crippen LogP contribution in [-0.4, -0.2) is 49.0 Å². The first kappa shape index (κ1) is 27.0. The molecule has 1 unspecified atom stereocenters. The Bertz CT molecular complexity index is 1430. The lowest BCUT2D eigenvalue weighted by molar-refractivity contribution is -0.140. The average molecular weight is 556 g/mol. The largest absolute Gasteiger partial charge is 0.507 e. The van der Waals surface area contributed by atoms with Crippen molar-refractivity contribution in [2.75, 3.05) is 21.3 Å². The average Bonchev–Trinajstić information content (AvgIpc) is 3.17. The van der Waals surface area contributed by atoms with Crippen molar-refractivity contribution in [3.8, 4) is 11.5 Å². The summed E-state index contributed by atoms with van der Waals surface area (Å²) in [6, 6.07) is 15.2. The maximum atomic E-state index is 13.3. The van der Waals surface area contributed by atoms with Crippen molar-refractivity contribution in [3.05, 3.63) is 98.5 Å². The first-order valence-electron chi connectivity index (χ1n) is 11.3. The number of halogens is 2. The summed E-state index contributed by atoms with van der Waals surface area (Å²) in [7, 11) is 4.19. The van der Waals surface area contributed by atoms with E-state index in [1.807, 2.05) is 0 Å². The first-order valence-corrected chi connectivity index (χ1v) is 12.1. The summed E-state index contributed by atoms with van der Waals surface area (Å²) in [5, 5.41) is 11.6. The number of ether oxygens (including phenoxy) is 3. The van der Waals surface area contributed by atoms with E-state index in [2.05, 4.69) is 0 Å². The van der Waals surface area contributed by atoms with Crippen LogP contribution in [0.3, 0.4) is 0 Å². The zero-order valence-corrected chi connectivity index (χ0v) is 22.2. The normalized spacial score (nSPS) is 16.4. The molecule has 0 saturated carbocycles. The van der Waals surface area contributed by atoms with E-state index in [1.165, 1.54) is 38.4 Å². The smallest absolute Gasteiger partial charge is 0.337 e. The highest BCUT2D eigenvalue weighted by Gasteiger charge is 2.46. The highest BCUT2D eigenvalue weighted by atomic mass is 35.5. The molecule has 1 fully saturated rings. The number of likely N-dealkylation sites (tertiary alicyclic amines) is 1. The van der Waals surface area contributed by atoms with Crippen LogP contribution in [0.15, 0.2) is 66.2 Å². The second kappa shape index (κ2) is 11.2. The van der Waals surface area contributed by atoms with Crippen LogP contribution in [0.4, 0.5) is 0 Å². The van der Waals surface area contributed by atoms with E-state index in [9.17, 15) is 19.5 Å². The molecule has 10 heteroatoms. The molecule has 3 aromatic carbocycles. The molecular formula is C28H23Cl2NO7. The maximum Gasteiger partial charge on any atom is 0.337 e. The molecule has 38 heavy (non-hydrogen) atoms. The van der Waals surface area contributed by atoms with Gasteiger partial charge in [-0.2, -0.15) is 0 Å². The number of Topliss-reactive ketones (excluding diaryl/α,β-unsaturated/α-hetero) is 1. The van der Waals surface area contributed by atoms with E-state index in [1.54, 1.807) is 48.5 Å². The van der Waals surface area contributed by atoms with Gasteiger partial charge >= 0.3 is 5.97 Å². The van der Waals surface area contributed by atoms with Crippen LogP contribution >= 0.6 is 23.2 Å². The minimum Gasteiger partial charge on any atom is -0.507 e. The van der Waals surface area contributed by atoms with Crippen molar-refractivity contribution >= 4 is 46.6 Å². The van der Waals surface area contributed by atoms with Gasteiger partial charge in [0.25, 0.3) is 11.7 Å². The Morgan fingerprint density at radius 2 is 1.58 bits per heavy atom. The van der Waals surface area contributed by atoms with Crippen molar-refractivity contribution in [3.63, 3.8) is 0 Å². The number of carbonyl (C=O) groups is 3. The fraction of sp³-hybridized carbons (Fsp3) is 0.179. The third-order valence-corrected chi connectivity index (χ3v) is 6.71. The zero-order valence-electron chi connectivity index (χ0n) is 20.7. The van der Waals surface area contributed by atoms with Gasteiger partial charge in [-0.25, -0.2) is 4.79 Å². The fourth-order valence-corrected chi connectivity index (χ4v) is 4.95. The van der Waals surface area contributed by atoms with Gasteiger partial charge in [-0.05, 0) is 47.5 Å². The van der Waals surface area contributed by atoms with Gasteiger partial charge in [0.05, 0.1) is 48.6 Å². The van der Waals surface area contributed by atoms with Gasteiger partial charge in [0.1, 0.15) is 11.5 Å². The van der Waals surface area contributed by atoms with Crippen LogP contribution < -0.4 is 9.47 Å². The Hall–Kier alpha value is -4.01. The summed E-state index contributed by atoms with van der Waals surface area (Å²) in [6.45, 7) is 0.0226. The Labute approximate surface area is 228 Å².